The van der Waals surface area contributed by atoms with Crippen LogP contribution in [0, 0.1) is 6.92 Å². The molecule has 6 heteroatoms. The SMILES string of the molecule is CC(=O)N(CCc1csc2nc(-c3ccc(C)cc3)cn12)CC1CCCO1. The van der Waals surface area contributed by atoms with Crippen LogP contribution < -0.4 is 0 Å². The third-order valence-corrected chi connectivity index (χ3v) is 6.05. The molecule has 4 rings (SSSR count). The molecule has 142 valence electrons. The molecule has 3 aromatic rings. The maximum Gasteiger partial charge on any atom is 0.219 e. The topological polar surface area (TPSA) is 46.8 Å². The molecule has 1 aromatic carbocycles. The van der Waals surface area contributed by atoms with E-state index in [2.05, 4.69) is 47.2 Å². The Morgan fingerprint density at radius 2 is 2.19 bits per heavy atom. The summed E-state index contributed by atoms with van der Waals surface area (Å²) in [7, 11) is 0. The van der Waals surface area contributed by atoms with Crippen LogP contribution in [0.25, 0.3) is 16.2 Å². The number of amides is 1. The van der Waals surface area contributed by atoms with E-state index in [1.165, 1.54) is 11.3 Å². The quantitative estimate of drug-likeness (QED) is 0.648. The van der Waals surface area contributed by atoms with Gasteiger partial charge in [-0.1, -0.05) is 29.8 Å². The minimum absolute atomic E-state index is 0.114. The zero-order chi connectivity index (χ0) is 18.8. The minimum atomic E-state index is 0.114. The molecule has 1 unspecified atom stereocenters. The molecule has 3 heterocycles. The van der Waals surface area contributed by atoms with Crippen LogP contribution >= 0.6 is 11.3 Å². The summed E-state index contributed by atoms with van der Waals surface area (Å²) in [6.45, 7) is 5.95. The van der Waals surface area contributed by atoms with Gasteiger partial charge in [0.25, 0.3) is 0 Å². The molecule has 0 radical (unpaired) electrons. The highest BCUT2D eigenvalue weighted by Crippen LogP contribution is 2.24. The number of nitrogens with zero attached hydrogens (tertiary/aromatic N) is 3. The fourth-order valence-electron chi connectivity index (χ4n) is 3.53. The molecule has 5 nitrogen and oxygen atoms in total. The number of hydrogen-bond acceptors (Lipinski definition) is 4. The summed E-state index contributed by atoms with van der Waals surface area (Å²) in [6, 6.07) is 8.44. The lowest BCUT2D eigenvalue weighted by Gasteiger charge is -2.24. The van der Waals surface area contributed by atoms with Crippen LogP contribution in [0.2, 0.25) is 0 Å². The van der Waals surface area contributed by atoms with Gasteiger partial charge in [0.1, 0.15) is 0 Å². The van der Waals surface area contributed by atoms with Gasteiger partial charge in [0.15, 0.2) is 4.96 Å². The molecule has 2 aromatic heterocycles. The van der Waals surface area contributed by atoms with Crippen molar-refractivity contribution in [2.45, 2.75) is 39.2 Å². The smallest absolute Gasteiger partial charge is 0.219 e. The number of thiazole rings is 1. The van der Waals surface area contributed by atoms with E-state index in [9.17, 15) is 4.79 Å². The summed E-state index contributed by atoms with van der Waals surface area (Å²) >= 11 is 1.65. The lowest BCUT2D eigenvalue weighted by Crippen LogP contribution is -2.37. The van der Waals surface area contributed by atoms with E-state index < -0.39 is 0 Å². The van der Waals surface area contributed by atoms with Crippen LogP contribution in [0.1, 0.15) is 31.0 Å². The second-order valence-electron chi connectivity index (χ2n) is 7.22. The average molecular weight is 384 g/mol. The lowest BCUT2D eigenvalue weighted by atomic mass is 10.1. The van der Waals surface area contributed by atoms with Gasteiger partial charge >= 0.3 is 0 Å². The number of carbonyl (C=O) groups is 1. The molecule has 0 saturated carbocycles. The van der Waals surface area contributed by atoms with Crippen molar-refractivity contribution in [3.63, 3.8) is 0 Å². The van der Waals surface area contributed by atoms with Crippen molar-refractivity contribution >= 4 is 22.2 Å². The van der Waals surface area contributed by atoms with Crippen molar-refractivity contribution < 1.29 is 9.53 Å². The number of ether oxygens (including phenoxy) is 1. The normalized spacial score (nSPS) is 16.9. The van der Waals surface area contributed by atoms with Gasteiger partial charge in [0, 0.05) is 55.9 Å². The zero-order valence-corrected chi connectivity index (χ0v) is 16.7. The van der Waals surface area contributed by atoms with Crippen molar-refractivity contribution in [2.24, 2.45) is 0 Å². The number of aryl methyl sites for hydroxylation is 1. The molecule has 1 fully saturated rings. The summed E-state index contributed by atoms with van der Waals surface area (Å²) in [6.07, 6.45) is 5.25. The zero-order valence-electron chi connectivity index (χ0n) is 15.9. The Labute approximate surface area is 163 Å². The first-order valence-corrected chi connectivity index (χ1v) is 10.4. The molecule has 0 spiro atoms. The molecule has 1 atom stereocenters. The first kappa shape index (κ1) is 18.2. The standard InChI is InChI=1S/C21H25N3O2S/c1-15-5-7-17(8-6-15)20-13-24-18(14-27-21(24)22-20)9-10-23(16(2)25)12-19-4-3-11-26-19/h5-8,13-14,19H,3-4,9-12H2,1-2H3. The predicted octanol–water partition coefficient (Wildman–Crippen LogP) is 3.94. The number of aromatic nitrogens is 2. The van der Waals surface area contributed by atoms with Crippen LogP contribution in [0.4, 0.5) is 0 Å². The maximum atomic E-state index is 12.0. The molecule has 1 aliphatic heterocycles. The van der Waals surface area contributed by atoms with E-state index in [1.54, 1.807) is 18.3 Å². The number of benzene rings is 1. The number of fused-ring (bicyclic) bond motifs is 1. The molecular formula is C21H25N3O2S. The summed E-state index contributed by atoms with van der Waals surface area (Å²) in [5.41, 5.74) is 4.56. The van der Waals surface area contributed by atoms with Crippen molar-refractivity contribution in [1.82, 2.24) is 14.3 Å². The third-order valence-electron chi connectivity index (χ3n) is 5.16. The summed E-state index contributed by atoms with van der Waals surface area (Å²) < 4.78 is 7.85. The van der Waals surface area contributed by atoms with E-state index >= 15 is 0 Å². The van der Waals surface area contributed by atoms with E-state index in [1.807, 2.05) is 4.90 Å². The highest BCUT2D eigenvalue weighted by molar-refractivity contribution is 7.15. The Morgan fingerprint density at radius 3 is 2.89 bits per heavy atom. The van der Waals surface area contributed by atoms with Gasteiger partial charge in [-0.2, -0.15) is 0 Å². The van der Waals surface area contributed by atoms with Gasteiger partial charge in [-0.15, -0.1) is 11.3 Å². The van der Waals surface area contributed by atoms with Gasteiger partial charge < -0.3 is 9.64 Å². The largest absolute Gasteiger partial charge is 0.376 e. The number of hydrogen-bond donors (Lipinski definition) is 0. The third kappa shape index (κ3) is 4.06. The van der Waals surface area contributed by atoms with E-state index in [-0.39, 0.29) is 12.0 Å². The molecule has 1 amide bonds. The van der Waals surface area contributed by atoms with Crippen LogP contribution in [-0.2, 0) is 16.0 Å². The van der Waals surface area contributed by atoms with Crippen molar-refractivity contribution in [2.75, 3.05) is 19.7 Å². The Bertz CT molecular complexity index is 923. The molecule has 1 saturated heterocycles. The fourth-order valence-corrected chi connectivity index (χ4v) is 4.44. The Balaban J connectivity index is 1.48. The predicted molar refractivity (Wildman–Crippen MR) is 108 cm³/mol. The summed E-state index contributed by atoms with van der Waals surface area (Å²) in [5.74, 6) is 0.114. The lowest BCUT2D eigenvalue weighted by molar-refractivity contribution is -0.130. The average Bonchev–Trinajstić information content (AvgIpc) is 3.37. The first-order chi connectivity index (χ1) is 13.1. The molecule has 0 N–H and O–H groups in total. The number of carbonyl (C=O) groups excluding carboxylic acids is 1. The summed E-state index contributed by atoms with van der Waals surface area (Å²) in [5, 5.41) is 2.14. The second-order valence-corrected chi connectivity index (χ2v) is 8.06. The molecule has 1 aliphatic rings. The monoisotopic (exact) mass is 383 g/mol. The summed E-state index contributed by atoms with van der Waals surface area (Å²) in [4.78, 5) is 19.7. The molecule has 27 heavy (non-hydrogen) atoms. The van der Waals surface area contributed by atoms with Gasteiger partial charge in [-0.3, -0.25) is 9.20 Å². The second kappa shape index (κ2) is 7.82. The highest BCUT2D eigenvalue weighted by atomic mass is 32.1. The van der Waals surface area contributed by atoms with E-state index in [4.69, 9.17) is 9.72 Å². The van der Waals surface area contributed by atoms with Gasteiger partial charge in [0.05, 0.1) is 11.8 Å². The van der Waals surface area contributed by atoms with Gasteiger partial charge in [0.2, 0.25) is 5.91 Å². The van der Waals surface area contributed by atoms with Crippen LogP contribution in [-0.4, -0.2) is 46.0 Å². The molecule has 0 aliphatic carbocycles. The van der Waals surface area contributed by atoms with Crippen molar-refractivity contribution in [3.05, 3.63) is 47.1 Å². The minimum Gasteiger partial charge on any atom is -0.376 e. The highest BCUT2D eigenvalue weighted by Gasteiger charge is 2.21. The van der Waals surface area contributed by atoms with Crippen LogP contribution in [0.5, 0.6) is 0 Å². The number of imidazole rings is 1. The van der Waals surface area contributed by atoms with E-state index in [0.29, 0.717) is 13.1 Å². The Hall–Kier alpha value is -2.18. The maximum absolute atomic E-state index is 12.0. The Morgan fingerprint density at radius 1 is 1.37 bits per heavy atom. The van der Waals surface area contributed by atoms with Crippen molar-refractivity contribution in [3.8, 4) is 11.3 Å². The fraction of sp³-hybridized carbons (Fsp3) is 0.429. The van der Waals surface area contributed by atoms with Crippen LogP contribution in [0.15, 0.2) is 35.8 Å². The van der Waals surface area contributed by atoms with E-state index in [0.717, 1.165) is 42.1 Å². The Kier molecular flexibility index (Phi) is 5.27. The first-order valence-electron chi connectivity index (χ1n) is 9.50. The van der Waals surface area contributed by atoms with Crippen molar-refractivity contribution in [1.29, 1.82) is 0 Å². The molecular weight excluding hydrogens is 358 g/mol. The van der Waals surface area contributed by atoms with Crippen LogP contribution in [0.3, 0.4) is 0 Å². The van der Waals surface area contributed by atoms with Gasteiger partial charge in [-0.25, -0.2) is 4.98 Å². The van der Waals surface area contributed by atoms with Gasteiger partial charge in [-0.05, 0) is 19.8 Å². The molecule has 0 bridgehead atoms. The number of rotatable bonds is 6.